The van der Waals surface area contributed by atoms with Crippen molar-refractivity contribution >= 4 is 58.2 Å². The molecule has 3 aromatic rings. The van der Waals surface area contributed by atoms with E-state index in [1.807, 2.05) is 13.0 Å². The summed E-state index contributed by atoms with van der Waals surface area (Å²) >= 11 is 12.9. The standard InChI is InChI=1S/C20H18Cl2FN5O2S/c1-11-3-4-12(7-14(11)21)24-18(29)9-17-26-27-20(28(17)2)31-10-19(30)25-13-5-6-16(23)15(22)8-13/h3-8H,9-10H2,1-2H3,(H,24,29)(H,25,30). The second-order valence-corrected chi connectivity index (χ2v) is 8.37. The Bertz CT molecular complexity index is 1140. The van der Waals surface area contributed by atoms with Gasteiger partial charge >= 0.3 is 0 Å². The maximum Gasteiger partial charge on any atom is 0.234 e. The van der Waals surface area contributed by atoms with Crippen molar-refractivity contribution in [3.63, 3.8) is 0 Å². The van der Waals surface area contributed by atoms with Gasteiger partial charge in [0.15, 0.2) is 5.16 Å². The highest BCUT2D eigenvalue weighted by atomic mass is 35.5. The fourth-order valence-electron chi connectivity index (χ4n) is 2.55. The Morgan fingerprint density at radius 1 is 1.03 bits per heavy atom. The first-order chi connectivity index (χ1) is 14.7. The molecule has 0 aliphatic carbocycles. The van der Waals surface area contributed by atoms with E-state index in [2.05, 4.69) is 20.8 Å². The second-order valence-electron chi connectivity index (χ2n) is 6.61. The minimum absolute atomic E-state index is 0.00975. The van der Waals surface area contributed by atoms with E-state index in [0.717, 1.165) is 17.3 Å². The number of benzene rings is 2. The lowest BCUT2D eigenvalue weighted by atomic mass is 10.2. The molecule has 1 aromatic heterocycles. The molecule has 162 valence electrons. The van der Waals surface area contributed by atoms with Gasteiger partial charge in [0.2, 0.25) is 11.8 Å². The molecule has 2 N–H and O–H groups in total. The summed E-state index contributed by atoms with van der Waals surface area (Å²) in [6.07, 6.45) is 0.00975. The minimum atomic E-state index is -0.560. The van der Waals surface area contributed by atoms with Crippen LogP contribution in [0, 0.1) is 12.7 Å². The van der Waals surface area contributed by atoms with Crippen LogP contribution in [0.5, 0.6) is 0 Å². The summed E-state index contributed by atoms with van der Waals surface area (Å²) in [6.45, 7) is 1.88. The predicted molar refractivity (Wildman–Crippen MR) is 120 cm³/mol. The lowest BCUT2D eigenvalue weighted by molar-refractivity contribution is -0.116. The van der Waals surface area contributed by atoms with E-state index in [4.69, 9.17) is 23.2 Å². The summed E-state index contributed by atoms with van der Waals surface area (Å²) in [7, 11) is 1.71. The summed E-state index contributed by atoms with van der Waals surface area (Å²) in [5, 5.41) is 14.4. The summed E-state index contributed by atoms with van der Waals surface area (Å²) in [5.41, 5.74) is 1.90. The van der Waals surface area contributed by atoms with Gasteiger partial charge in [-0.25, -0.2) is 4.39 Å². The number of nitrogens with one attached hydrogen (secondary N) is 2. The number of thioether (sulfide) groups is 1. The zero-order valence-corrected chi connectivity index (χ0v) is 18.9. The second kappa shape index (κ2) is 10.1. The van der Waals surface area contributed by atoms with E-state index in [0.29, 0.717) is 27.4 Å². The Kier molecular flexibility index (Phi) is 7.53. The molecular formula is C20H18Cl2FN5O2S. The Hall–Kier alpha value is -2.62. The predicted octanol–water partition coefficient (Wildman–Crippen LogP) is 4.48. The van der Waals surface area contributed by atoms with Crippen molar-refractivity contribution < 1.29 is 14.0 Å². The van der Waals surface area contributed by atoms with Crippen LogP contribution < -0.4 is 10.6 Å². The number of amides is 2. The zero-order valence-electron chi connectivity index (χ0n) is 16.6. The van der Waals surface area contributed by atoms with Gasteiger partial charge in [-0.05, 0) is 42.8 Å². The van der Waals surface area contributed by atoms with Gasteiger partial charge in [0, 0.05) is 23.4 Å². The molecular weight excluding hydrogens is 464 g/mol. The molecule has 11 heteroatoms. The summed E-state index contributed by atoms with van der Waals surface area (Å²) in [6, 6.07) is 9.20. The molecule has 0 unspecified atom stereocenters. The van der Waals surface area contributed by atoms with Crippen molar-refractivity contribution in [1.82, 2.24) is 14.8 Å². The molecule has 0 atom stereocenters. The molecule has 0 aliphatic rings. The van der Waals surface area contributed by atoms with Crippen molar-refractivity contribution in [3.8, 4) is 0 Å². The molecule has 0 radical (unpaired) electrons. The number of halogens is 3. The monoisotopic (exact) mass is 481 g/mol. The van der Waals surface area contributed by atoms with Gasteiger partial charge in [0.1, 0.15) is 11.6 Å². The highest BCUT2D eigenvalue weighted by molar-refractivity contribution is 7.99. The molecule has 2 aromatic carbocycles. The quantitative estimate of drug-likeness (QED) is 0.485. The molecule has 1 heterocycles. The summed E-state index contributed by atoms with van der Waals surface area (Å²) < 4.78 is 14.8. The third-order valence-electron chi connectivity index (χ3n) is 4.24. The molecule has 31 heavy (non-hydrogen) atoms. The number of aromatic nitrogens is 3. The fraction of sp³-hybridized carbons (Fsp3) is 0.200. The lowest BCUT2D eigenvalue weighted by Gasteiger charge is -2.08. The van der Waals surface area contributed by atoms with Crippen molar-refractivity contribution in [2.75, 3.05) is 16.4 Å². The maximum atomic E-state index is 13.2. The zero-order chi connectivity index (χ0) is 22.5. The number of anilines is 2. The first-order valence-electron chi connectivity index (χ1n) is 9.05. The SMILES string of the molecule is Cc1ccc(NC(=O)Cc2nnc(SCC(=O)Nc3ccc(F)c(Cl)c3)n2C)cc1Cl. The van der Waals surface area contributed by atoms with Crippen LogP contribution in [-0.4, -0.2) is 32.3 Å². The van der Waals surface area contributed by atoms with Crippen LogP contribution in [0.3, 0.4) is 0 Å². The maximum absolute atomic E-state index is 13.2. The fourth-order valence-corrected chi connectivity index (χ4v) is 3.64. The van der Waals surface area contributed by atoms with Gasteiger partial charge in [0.25, 0.3) is 0 Å². The number of aryl methyl sites for hydroxylation is 1. The van der Waals surface area contributed by atoms with Crippen molar-refractivity contribution in [1.29, 1.82) is 0 Å². The van der Waals surface area contributed by atoms with Gasteiger partial charge < -0.3 is 15.2 Å². The third kappa shape index (κ3) is 6.19. The van der Waals surface area contributed by atoms with Gasteiger partial charge in [0.05, 0.1) is 17.2 Å². The number of hydrogen-bond acceptors (Lipinski definition) is 5. The molecule has 0 spiro atoms. The average molecular weight is 482 g/mol. The third-order valence-corrected chi connectivity index (χ3v) is 5.95. The van der Waals surface area contributed by atoms with Crippen molar-refractivity contribution in [2.24, 2.45) is 7.05 Å². The average Bonchev–Trinajstić information content (AvgIpc) is 3.05. The number of rotatable bonds is 7. The Labute approximate surface area is 192 Å². The van der Waals surface area contributed by atoms with Crippen LogP contribution >= 0.6 is 35.0 Å². The minimum Gasteiger partial charge on any atom is -0.326 e. The van der Waals surface area contributed by atoms with Crippen LogP contribution in [-0.2, 0) is 23.1 Å². The molecule has 0 saturated heterocycles. The topological polar surface area (TPSA) is 88.9 Å². The molecule has 0 bridgehead atoms. The Morgan fingerprint density at radius 3 is 2.35 bits per heavy atom. The van der Waals surface area contributed by atoms with Gasteiger partial charge in [-0.2, -0.15) is 0 Å². The number of carbonyl (C=O) groups excluding carboxylic acids is 2. The van der Waals surface area contributed by atoms with E-state index in [1.54, 1.807) is 23.7 Å². The summed E-state index contributed by atoms with van der Waals surface area (Å²) in [5.74, 6) is -0.641. The molecule has 0 aliphatic heterocycles. The molecule has 0 saturated carbocycles. The van der Waals surface area contributed by atoms with Crippen molar-refractivity contribution in [2.45, 2.75) is 18.5 Å². The van der Waals surface area contributed by atoms with Crippen LogP contribution in [0.4, 0.5) is 15.8 Å². The number of hydrogen-bond donors (Lipinski definition) is 2. The summed E-state index contributed by atoms with van der Waals surface area (Å²) in [4.78, 5) is 24.4. The molecule has 7 nitrogen and oxygen atoms in total. The largest absolute Gasteiger partial charge is 0.326 e. The Balaban J connectivity index is 1.54. The van der Waals surface area contributed by atoms with Crippen LogP contribution in [0.25, 0.3) is 0 Å². The van der Waals surface area contributed by atoms with E-state index in [9.17, 15) is 14.0 Å². The highest BCUT2D eigenvalue weighted by Gasteiger charge is 2.15. The van der Waals surface area contributed by atoms with Crippen molar-refractivity contribution in [3.05, 3.63) is 63.6 Å². The lowest BCUT2D eigenvalue weighted by Crippen LogP contribution is -2.17. The van der Waals surface area contributed by atoms with Crippen LogP contribution in [0.1, 0.15) is 11.4 Å². The normalized spacial score (nSPS) is 10.7. The van der Waals surface area contributed by atoms with E-state index < -0.39 is 5.82 Å². The molecule has 2 amide bonds. The Morgan fingerprint density at radius 2 is 1.68 bits per heavy atom. The van der Waals surface area contributed by atoms with Crippen LogP contribution in [0.15, 0.2) is 41.6 Å². The first-order valence-corrected chi connectivity index (χ1v) is 10.8. The van der Waals surface area contributed by atoms with Gasteiger partial charge in [-0.15, -0.1) is 10.2 Å². The van der Waals surface area contributed by atoms with Crippen LogP contribution in [0.2, 0.25) is 10.0 Å². The first kappa shape index (κ1) is 23.1. The van der Waals surface area contributed by atoms with E-state index in [-0.39, 0.29) is 29.0 Å². The molecule has 3 rings (SSSR count). The van der Waals surface area contributed by atoms with Gasteiger partial charge in [-0.3, -0.25) is 9.59 Å². The number of nitrogens with zero attached hydrogens (tertiary/aromatic N) is 3. The molecule has 0 fully saturated rings. The highest BCUT2D eigenvalue weighted by Crippen LogP contribution is 2.22. The number of carbonyl (C=O) groups is 2. The van der Waals surface area contributed by atoms with E-state index in [1.165, 1.54) is 18.2 Å². The van der Waals surface area contributed by atoms with Gasteiger partial charge in [-0.1, -0.05) is 41.0 Å². The van der Waals surface area contributed by atoms with E-state index >= 15 is 0 Å². The smallest absolute Gasteiger partial charge is 0.234 e.